The molecule has 0 atom stereocenters. The molecule has 1 aromatic carbocycles. The molecule has 1 aromatic rings. The van der Waals surface area contributed by atoms with Crippen LogP contribution < -0.4 is 4.72 Å². The van der Waals surface area contributed by atoms with E-state index in [1.165, 1.54) is 12.1 Å². The maximum atomic E-state index is 13.8. The summed E-state index contributed by atoms with van der Waals surface area (Å²) in [7, 11) is -4.06. The summed E-state index contributed by atoms with van der Waals surface area (Å²) in [6.07, 6.45) is 3.24. The molecule has 9 heteroatoms. The second kappa shape index (κ2) is 7.19. The van der Waals surface area contributed by atoms with Crippen LogP contribution in [0.5, 0.6) is 0 Å². The molecule has 2 aliphatic rings. The van der Waals surface area contributed by atoms with Crippen LogP contribution in [0.4, 0.5) is 4.39 Å². The third-order valence-corrected chi connectivity index (χ3v) is 6.69. The highest BCUT2D eigenvalue weighted by molar-refractivity contribution is 7.89. The number of nitrogens with one attached hydrogen (secondary N) is 1. The Hall–Kier alpha value is -1.22. The molecule has 138 valence electrons. The van der Waals surface area contributed by atoms with Crippen LogP contribution in [0.1, 0.15) is 25.7 Å². The monoisotopic (exact) mass is 390 g/mol. The first-order valence-corrected chi connectivity index (χ1v) is 10.0. The first-order chi connectivity index (χ1) is 11.8. The molecule has 0 amide bonds. The van der Waals surface area contributed by atoms with E-state index in [4.69, 9.17) is 16.7 Å². The minimum absolute atomic E-state index is 0.0282. The van der Waals surface area contributed by atoms with E-state index >= 15 is 0 Å². The van der Waals surface area contributed by atoms with Gasteiger partial charge in [-0.2, -0.15) is 0 Å². The maximum absolute atomic E-state index is 13.8. The zero-order chi connectivity index (χ0) is 18.2. The average molecular weight is 391 g/mol. The summed E-state index contributed by atoms with van der Waals surface area (Å²) in [6.45, 7) is 0.690. The molecule has 3 rings (SSSR count). The number of aliphatic carboxylic acids is 1. The number of sulfonamides is 1. The van der Waals surface area contributed by atoms with E-state index in [1.54, 1.807) is 0 Å². The Balaban J connectivity index is 1.61. The highest BCUT2D eigenvalue weighted by Gasteiger charge is 2.39. The molecule has 2 aliphatic carbocycles. The lowest BCUT2D eigenvalue weighted by atomic mass is 9.86. The number of carboxylic acids is 1. The lowest BCUT2D eigenvalue weighted by Crippen LogP contribution is -2.55. The topological polar surface area (TPSA) is 86.7 Å². The van der Waals surface area contributed by atoms with E-state index in [0.717, 1.165) is 25.5 Å². The number of rotatable bonds is 8. The first-order valence-electron chi connectivity index (χ1n) is 8.18. The molecule has 2 fully saturated rings. The molecule has 0 bridgehead atoms. The summed E-state index contributed by atoms with van der Waals surface area (Å²) in [5, 5.41) is 8.88. The molecule has 0 aromatic heterocycles. The van der Waals surface area contributed by atoms with Crippen molar-refractivity contribution in [3.63, 3.8) is 0 Å². The largest absolute Gasteiger partial charge is 0.480 e. The normalized spacial score (nSPS) is 23.5. The summed E-state index contributed by atoms with van der Waals surface area (Å²) < 4.78 is 41.1. The van der Waals surface area contributed by atoms with E-state index in [-0.39, 0.29) is 23.7 Å². The van der Waals surface area contributed by atoms with Crippen molar-refractivity contribution in [2.24, 2.45) is 5.92 Å². The van der Waals surface area contributed by atoms with Gasteiger partial charge in [-0.15, -0.1) is 0 Å². The van der Waals surface area contributed by atoms with Crippen LogP contribution in [0.15, 0.2) is 23.1 Å². The van der Waals surface area contributed by atoms with E-state index < -0.39 is 26.7 Å². The second-order valence-electron chi connectivity index (χ2n) is 6.76. The van der Waals surface area contributed by atoms with E-state index in [0.29, 0.717) is 18.8 Å². The zero-order valence-corrected chi connectivity index (χ0v) is 15.1. The maximum Gasteiger partial charge on any atom is 0.317 e. The van der Waals surface area contributed by atoms with Gasteiger partial charge >= 0.3 is 5.97 Å². The van der Waals surface area contributed by atoms with Gasteiger partial charge < -0.3 is 5.11 Å². The highest BCUT2D eigenvalue weighted by atomic mass is 35.5. The standard InChI is InChI=1S/C16H20ClFN2O4S/c17-13-2-1-3-14(18)16(13)25(23,24)19-11-6-12(7-11)20(9-15(21)22)8-10-4-5-10/h1-3,10-12,19H,4-9H2,(H,21,22). The Morgan fingerprint density at radius 3 is 2.60 bits per heavy atom. The van der Waals surface area contributed by atoms with E-state index in [1.807, 2.05) is 4.90 Å². The van der Waals surface area contributed by atoms with Gasteiger partial charge in [0.2, 0.25) is 10.0 Å². The molecular formula is C16H20ClFN2O4S. The lowest BCUT2D eigenvalue weighted by Gasteiger charge is -2.42. The van der Waals surface area contributed by atoms with Gasteiger partial charge in [-0.1, -0.05) is 17.7 Å². The molecule has 0 aliphatic heterocycles. The Kier molecular flexibility index (Phi) is 5.34. The van der Waals surface area contributed by atoms with Gasteiger partial charge in [-0.25, -0.2) is 17.5 Å². The smallest absolute Gasteiger partial charge is 0.317 e. The van der Waals surface area contributed by atoms with Crippen LogP contribution in [0.3, 0.4) is 0 Å². The fourth-order valence-electron chi connectivity index (χ4n) is 3.15. The van der Waals surface area contributed by atoms with E-state index in [9.17, 15) is 17.6 Å². The number of carboxylic acid groups (broad SMARTS) is 1. The Labute approximate surface area is 151 Å². The summed E-state index contributed by atoms with van der Waals surface area (Å²) in [6, 6.07) is 3.40. The Morgan fingerprint density at radius 1 is 1.36 bits per heavy atom. The molecule has 0 unspecified atom stereocenters. The number of hydrogen-bond donors (Lipinski definition) is 2. The summed E-state index contributed by atoms with van der Waals surface area (Å²) in [4.78, 5) is 12.4. The Bertz CT molecular complexity index is 743. The zero-order valence-electron chi connectivity index (χ0n) is 13.5. The minimum atomic E-state index is -4.06. The number of nitrogens with zero attached hydrogens (tertiary/aromatic N) is 1. The van der Waals surface area contributed by atoms with Crippen molar-refractivity contribution in [3.05, 3.63) is 29.0 Å². The molecule has 0 radical (unpaired) electrons. The Morgan fingerprint density at radius 2 is 2.04 bits per heavy atom. The van der Waals surface area contributed by atoms with Crippen LogP contribution in [-0.4, -0.2) is 49.6 Å². The van der Waals surface area contributed by atoms with Gasteiger partial charge in [-0.05, 0) is 43.7 Å². The van der Waals surface area contributed by atoms with Crippen molar-refractivity contribution < 1.29 is 22.7 Å². The number of hydrogen-bond acceptors (Lipinski definition) is 4. The third kappa shape index (κ3) is 4.49. The predicted octanol–water partition coefficient (Wildman–Crippen LogP) is 2.08. The summed E-state index contributed by atoms with van der Waals surface area (Å²) in [5.74, 6) is -1.23. The van der Waals surface area contributed by atoms with Crippen LogP contribution in [0, 0.1) is 11.7 Å². The molecule has 2 N–H and O–H groups in total. The molecular weight excluding hydrogens is 371 g/mol. The number of benzene rings is 1. The summed E-state index contributed by atoms with van der Waals surface area (Å²) in [5.41, 5.74) is 0. The fourth-order valence-corrected chi connectivity index (χ4v) is 5.01. The van der Waals surface area contributed by atoms with E-state index in [2.05, 4.69) is 4.72 Å². The van der Waals surface area contributed by atoms with Gasteiger partial charge in [0.05, 0.1) is 11.6 Å². The lowest BCUT2D eigenvalue weighted by molar-refractivity contribution is -0.139. The van der Waals surface area contributed by atoms with Crippen LogP contribution in [0.2, 0.25) is 5.02 Å². The first kappa shape index (κ1) is 18.6. The predicted molar refractivity (Wildman–Crippen MR) is 90.5 cm³/mol. The summed E-state index contributed by atoms with van der Waals surface area (Å²) >= 11 is 5.83. The van der Waals surface area contributed by atoms with Gasteiger partial charge in [0.1, 0.15) is 10.7 Å². The number of halogens is 2. The number of carbonyl (C=O) groups is 1. The average Bonchev–Trinajstić information content (AvgIpc) is 3.24. The second-order valence-corrected chi connectivity index (χ2v) is 8.82. The molecule has 25 heavy (non-hydrogen) atoms. The molecule has 6 nitrogen and oxygen atoms in total. The quantitative estimate of drug-likeness (QED) is 0.709. The van der Waals surface area contributed by atoms with Crippen LogP contribution in [0.25, 0.3) is 0 Å². The fraction of sp³-hybridized carbons (Fsp3) is 0.562. The van der Waals surface area contributed by atoms with Crippen LogP contribution >= 0.6 is 11.6 Å². The third-order valence-electron chi connectivity index (χ3n) is 4.67. The van der Waals surface area contributed by atoms with Crippen molar-refractivity contribution in [3.8, 4) is 0 Å². The van der Waals surface area contributed by atoms with Gasteiger partial charge in [0, 0.05) is 18.6 Å². The minimum Gasteiger partial charge on any atom is -0.480 e. The molecule has 2 saturated carbocycles. The van der Waals surface area contributed by atoms with Gasteiger partial charge in [0.15, 0.2) is 0 Å². The molecule has 0 saturated heterocycles. The van der Waals surface area contributed by atoms with Crippen molar-refractivity contribution >= 4 is 27.6 Å². The van der Waals surface area contributed by atoms with Crippen molar-refractivity contribution in [2.45, 2.75) is 42.7 Å². The van der Waals surface area contributed by atoms with Gasteiger partial charge in [-0.3, -0.25) is 9.69 Å². The van der Waals surface area contributed by atoms with Crippen LogP contribution in [-0.2, 0) is 14.8 Å². The van der Waals surface area contributed by atoms with Crippen molar-refractivity contribution in [1.82, 2.24) is 9.62 Å². The molecule has 0 heterocycles. The highest BCUT2D eigenvalue weighted by Crippen LogP contribution is 2.34. The van der Waals surface area contributed by atoms with Crippen molar-refractivity contribution in [2.75, 3.05) is 13.1 Å². The van der Waals surface area contributed by atoms with Crippen molar-refractivity contribution in [1.29, 1.82) is 0 Å². The van der Waals surface area contributed by atoms with Gasteiger partial charge in [0.25, 0.3) is 0 Å². The SMILES string of the molecule is O=C(O)CN(CC1CC1)C1CC(NS(=O)(=O)c2c(F)cccc2Cl)C1. The molecule has 0 spiro atoms.